The highest BCUT2D eigenvalue weighted by Crippen LogP contribution is 2.49. The van der Waals surface area contributed by atoms with Crippen molar-refractivity contribution in [3.05, 3.63) is 101 Å². The number of hydrogen-bond donors (Lipinski definition) is 1. The SMILES string of the molecule is CCOC(=O)C1(c2ccc(-c3ccc(-c4onc(C)c4C(C)C(=O)NC(C)c4ccccc4)cc3)cc2)CC1. The molecular weight excluding hydrogens is 488 g/mol. The lowest BCUT2D eigenvalue weighted by atomic mass is 9.92. The maximum absolute atomic E-state index is 13.2. The minimum Gasteiger partial charge on any atom is -0.465 e. The molecule has 1 amide bonds. The maximum atomic E-state index is 13.2. The zero-order valence-corrected chi connectivity index (χ0v) is 22.9. The summed E-state index contributed by atoms with van der Waals surface area (Å²) in [6, 6.07) is 26.0. The third kappa shape index (κ3) is 5.24. The summed E-state index contributed by atoms with van der Waals surface area (Å²) < 4.78 is 11.0. The fraction of sp³-hybridized carbons (Fsp3) is 0.303. The van der Waals surface area contributed by atoms with E-state index in [-0.39, 0.29) is 17.9 Å². The van der Waals surface area contributed by atoms with E-state index in [0.29, 0.717) is 18.1 Å². The average Bonchev–Trinajstić information content (AvgIpc) is 3.69. The highest BCUT2D eigenvalue weighted by molar-refractivity contribution is 5.87. The Labute approximate surface area is 229 Å². The van der Waals surface area contributed by atoms with Crippen LogP contribution in [0.3, 0.4) is 0 Å². The zero-order chi connectivity index (χ0) is 27.6. The van der Waals surface area contributed by atoms with E-state index in [9.17, 15) is 9.59 Å². The molecule has 0 spiro atoms. The molecule has 2 atom stereocenters. The topological polar surface area (TPSA) is 81.4 Å². The number of rotatable bonds is 9. The molecule has 0 saturated heterocycles. The van der Waals surface area contributed by atoms with E-state index >= 15 is 0 Å². The van der Waals surface area contributed by atoms with Crippen LogP contribution in [0.25, 0.3) is 22.5 Å². The average molecular weight is 523 g/mol. The highest BCUT2D eigenvalue weighted by Gasteiger charge is 2.52. The Kier molecular flexibility index (Phi) is 7.38. The van der Waals surface area contributed by atoms with Gasteiger partial charge in [-0.15, -0.1) is 0 Å². The van der Waals surface area contributed by atoms with Crippen LogP contribution in [0.15, 0.2) is 83.4 Å². The predicted molar refractivity (Wildman–Crippen MR) is 151 cm³/mol. The summed E-state index contributed by atoms with van der Waals surface area (Å²) in [4.78, 5) is 25.6. The Morgan fingerprint density at radius 3 is 2.10 bits per heavy atom. The molecule has 200 valence electrons. The molecule has 1 saturated carbocycles. The summed E-state index contributed by atoms with van der Waals surface area (Å²) in [7, 11) is 0. The summed E-state index contributed by atoms with van der Waals surface area (Å²) in [5.41, 5.74) is 6.05. The maximum Gasteiger partial charge on any atom is 0.316 e. The number of nitrogens with zero attached hydrogens (tertiary/aromatic N) is 1. The molecule has 1 fully saturated rings. The molecule has 6 nitrogen and oxygen atoms in total. The molecule has 6 heteroatoms. The van der Waals surface area contributed by atoms with Crippen molar-refractivity contribution in [2.24, 2.45) is 0 Å². The number of carbonyl (C=O) groups is 2. The van der Waals surface area contributed by atoms with E-state index in [0.717, 1.165) is 46.2 Å². The van der Waals surface area contributed by atoms with Crippen LogP contribution in [0, 0.1) is 6.92 Å². The lowest BCUT2D eigenvalue weighted by Gasteiger charge is -2.18. The van der Waals surface area contributed by atoms with Crippen molar-refractivity contribution in [2.75, 3.05) is 6.61 Å². The van der Waals surface area contributed by atoms with E-state index in [2.05, 4.69) is 10.5 Å². The number of amides is 1. The molecule has 0 bridgehead atoms. The first-order chi connectivity index (χ1) is 18.8. The highest BCUT2D eigenvalue weighted by atomic mass is 16.5. The van der Waals surface area contributed by atoms with Crippen molar-refractivity contribution >= 4 is 11.9 Å². The Morgan fingerprint density at radius 2 is 1.51 bits per heavy atom. The van der Waals surface area contributed by atoms with Crippen LogP contribution < -0.4 is 5.32 Å². The molecule has 5 rings (SSSR count). The van der Waals surface area contributed by atoms with Crippen molar-refractivity contribution < 1.29 is 18.8 Å². The first-order valence-electron chi connectivity index (χ1n) is 13.5. The summed E-state index contributed by atoms with van der Waals surface area (Å²) in [6.07, 6.45) is 1.67. The smallest absolute Gasteiger partial charge is 0.316 e. The monoisotopic (exact) mass is 522 g/mol. The van der Waals surface area contributed by atoms with Crippen molar-refractivity contribution in [1.82, 2.24) is 10.5 Å². The van der Waals surface area contributed by atoms with Crippen LogP contribution in [0.2, 0.25) is 0 Å². The van der Waals surface area contributed by atoms with E-state index in [4.69, 9.17) is 9.26 Å². The van der Waals surface area contributed by atoms with Crippen molar-refractivity contribution in [2.45, 2.75) is 57.9 Å². The van der Waals surface area contributed by atoms with Gasteiger partial charge in [-0.3, -0.25) is 9.59 Å². The van der Waals surface area contributed by atoms with Crippen LogP contribution in [0.1, 0.15) is 68.0 Å². The van der Waals surface area contributed by atoms with Crippen LogP contribution in [0.4, 0.5) is 0 Å². The molecule has 4 aromatic rings. The van der Waals surface area contributed by atoms with E-state index in [1.165, 1.54) is 0 Å². The van der Waals surface area contributed by atoms with Gasteiger partial charge in [-0.25, -0.2) is 0 Å². The summed E-state index contributed by atoms with van der Waals surface area (Å²) in [5, 5.41) is 7.30. The molecular formula is C33H34N2O4. The third-order valence-electron chi connectivity index (χ3n) is 7.73. The minimum atomic E-state index is -0.471. The summed E-state index contributed by atoms with van der Waals surface area (Å²) >= 11 is 0. The molecule has 39 heavy (non-hydrogen) atoms. The molecule has 1 aromatic heterocycles. The Bertz CT molecular complexity index is 1450. The fourth-order valence-electron chi connectivity index (χ4n) is 5.19. The number of aryl methyl sites for hydroxylation is 1. The largest absolute Gasteiger partial charge is 0.465 e. The molecule has 0 aliphatic heterocycles. The second kappa shape index (κ2) is 10.9. The van der Waals surface area contributed by atoms with Gasteiger partial charge in [0.15, 0.2) is 5.76 Å². The van der Waals surface area contributed by atoms with Crippen LogP contribution in [-0.2, 0) is 19.7 Å². The number of aromatic nitrogens is 1. The third-order valence-corrected chi connectivity index (χ3v) is 7.73. The molecule has 2 unspecified atom stereocenters. The second-order valence-electron chi connectivity index (χ2n) is 10.3. The first-order valence-corrected chi connectivity index (χ1v) is 13.5. The molecule has 1 heterocycles. The number of esters is 1. The van der Waals surface area contributed by atoms with E-state index < -0.39 is 11.3 Å². The lowest BCUT2D eigenvalue weighted by Crippen LogP contribution is -2.30. The van der Waals surface area contributed by atoms with Gasteiger partial charge in [0, 0.05) is 11.1 Å². The molecule has 1 N–H and O–H groups in total. The van der Waals surface area contributed by atoms with Gasteiger partial charge in [0.2, 0.25) is 5.91 Å². The molecule has 1 aliphatic rings. The van der Waals surface area contributed by atoms with Gasteiger partial charge in [-0.1, -0.05) is 84.0 Å². The van der Waals surface area contributed by atoms with E-state index in [1.54, 1.807) is 0 Å². The number of carbonyl (C=O) groups excluding carboxylic acids is 2. The van der Waals surface area contributed by atoms with Crippen molar-refractivity contribution in [3.63, 3.8) is 0 Å². The number of benzene rings is 3. The van der Waals surface area contributed by atoms with Crippen LogP contribution in [0.5, 0.6) is 0 Å². The molecule has 1 aliphatic carbocycles. The van der Waals surface area contributed by atoms with Gasteiger partial charge in [-0.2, -0.15) is 0 Å². The Hall–Kier alpha value is -4.19. The lowest BCUT2D eigenvalue weighted by molar-refractivity contribution is -0.146. The normalized spacial score (nSPS) is 15.3. The molecule has 0 radical (unpaired) electrons. The fourth-order valence-corrected chi connectivity index (χ4v) is 5.19. The predicted octanol–water partition coefficient (Wildman–Crippen LogP) is 6.89. The number of nitrogens with one attached hydrogen (secondary N) is 1. The van der Waals surface area contributed by atoms with Crippen molar-refractivity contribution in [3.8, 4) is 22.5 Å². The van der Waals surface area contributed by atoms with Gasteiger partial charge >= 0.3 is 5.97 Å². The second-order valence-corrected chi connectivity index (χ2v) is 10.3. The van der Waals surface area contributed by atoms with Gasteiger partial charge in [0.05, 0.1) is 29.7 Å². The van der Waals surface area contributed by atoms with Crippen LogP contribution >= 0.6 is 0 Å². The number of hydrogen-bond acceptors (Lipinski definition) is 5. The summed E-state index contributed by atoms with van der Waals surface area (Å²) in [6.45, 7) is 7.97. The van der Waals surface area contributed by atoms with E-state index in [1.807, 2.05) is 107 Å². The van der Waals surface area contributed by atoms with Crippen molar-refractivity contribution in [1.29, 1.82) is 0 Å². The minimum absolute atomic E-state index is 0.0770. The van der Waals surface area contributed by atoms with Gasteiger partial charge in [0.1, 0.15) is 0 Å². The van der Waals surface area contributed by atoms with Crippen LogP contribution in [-0.4, -0.2) is 23.6 Å². The summed E-state index contributed by atoms with van der Waals surface area (Å²) in [5.74, 6) is -0.0298. The zero-order valence-electron chi connectivity index (χ0n) is 22.9. The molecule has 3 aromatic carbocycles. The van der Waals surface area contributed by atoms with Gasteiger partial charge in [0.25, 0.3) is 0 Å². The van der Waals surface area contributed by atoms with Gasteiger partial charge in [-0.05, 0) is 62.8 Å². The quantitative estimate of drug-likeness (QED) is 0.242. The Morgan fingerprint density at radius 1 is 0.923 bits per heavy atom. The number of ether oxygens (including phenoxy) is 1. The Balaban J connectivity index is 1.32. The first kappa shape index (κ1) is 26.4. The standard InChI is InChI=1S/C33H34N2O4/c1-5-38-32(37)33(19-20-33)28-17-15-26(16-18-28)25-11-13-27(14-12-25)30-29(23(4)35-39-30)21(2)31(36)34-22(3)24-9-7-6-8-10-24/h6-18,21-22H,5,19-20H2,1-4H3,(H,34,36). The van der Waals surface area contributed by atoms with Gasteiger partial charge < -0.3 is 14.6 Å².